The molecule has 0 aromatic rings. The van der Waals surface area contributed by atoms with Gasteiger partial charge in [-0.1, -0.05) is 0 Å². The number of hydrogen-bond acceptors (Lipinski definition) is 5. The number of aliphatic hydroxyl groups is 2. The van der Waals surface area contributed by atoms with Crippen molar-refractivity contribution in [1.29, 1.82) is 0 Å². The van der Waals surface area contributed by atoms with Gasteiger partial charge in [-0.25, -0.2) is 4.39 Å². The number of alkyl halides is 1. The second kappa shape index (κ2) is 3.99. The first-order chi connectivity index (χ1) is 6.06. The Morgan fingerprint density at radius 1 is 1.69 bits per heavy atom. The molecule has 0 spiro atoms. The van der Waals surface area contributed by atoms with Crippen molar-refractivity contribution < 1.29 is 28.9 Å². The molecular weight excluding hydrogens is 183 g/mol. The largest absolute Gasteiger partial charge is 0.433 e. The first-order valence-corrected chi connectivity index (χ1v) is 3.82. The second-order valence-corrected chi connectivity index (χ2v) is 2.77. The lowest BCUT2D eigenvalue weighted by Gasteiger charge is -2.11. The van der Waals surface area contributed by atoms with Crippen LogP contribution in [0.2, 0.25) is 0 Å². The SMILES string of the molecule is CC(=O)OC1O[C@H](CO)C(O)[C@@H]1F. The maximum atomic E-state index is 13.0. The summed E-state index contributed by atoms with van der Waals surface area (Å²) < 4.78 is 22.2. The predicted octanol–water partition coefficient (Wildman–Crippen LogP) is -1.03. The number of carbonyl (C=O) groups excluding carboxylic acids is 1. The van der Waals surface area contributed by atoms with E-state index in [0.29, 0.717) is 0 Å². The van der Waals surface area contributed by atoms with Crippen LogP contribution in [0.25, 0.3) is 0 Å². The van der Waals surface area contributed by atoms with E-state index in [2.05, 4.69) is 4.74 Å². The van der Waals surface area contributed by atoms with E-state index in [1.54, 1.807) is 0 Å². The van der Waals surface area contributed by atoms with Gasteiger partial charge >= 0.3 is 5.97 Å². The molecule has 1 aliphatic heterocycles. The highest BCUT2D eigenvalue weighted by Gasteiger charge is 2.45. The Morgan fingerprint density at radius 3 is 2.69 bits per heavy atom. The molecule has 2 unspecified atom stereocenters. The summed E-state index contributed by atoms with van der Waals surface area (Å²) in [5, 5.41) is 17.7. The number of carbonyl (C=O) groups is 1. The van der Waals surface area contributed by atoms with Crippen molar-refractivity contribution in [3.63, 3.8) is 0 Å². The molecule has 0 amide bonds. The molecule has 4 atom stereocenters. The number of esters is 1. The van der Waals surface area contributed by atoms with Crippen molar-refractivity contribution in [2.45, 2.75) is 31.6 Å². The fourth-order valence-electron chi connectivity index (χ4n) is 1.10. The molecule has 76 valence electrons. The predicted molar refractivity (Wildman–Crippen MR) is 38.4 cm³/mol. The van der Waals surface area contributed by atoms with Gasteiger partial charge < -0.3 is 19.7 Å². The third kappa shape index (κ3) is 2.15. The molecule has 0 bridgehead atoms. The normalized spacial score (nSPS) is 39.1. The summed E-state index contributed by atoms with van der Waals surface area (Å²) in [5.74, 6) is -0.696. The highest BCUT2D eigenvalue weighted by Crippen LogP contribution is 2.24. The molecule has 13 heavy (non-hydrogen) atoms. The topological polar surface area (TPSA) is 76.0 Å². The van der Waals surface area contributed by atoms with E-state index in [1.807, 2.05) is 0 Å². The summed E-state index contributed by atoms with van der Waals surface area (Å²) in [7, 11) is 0. The summed E-state index contributed by atoms with van der Waals surface area (Å²) in [6.45, 7) is 0.591. The Labute approximate surface area is 74.1 Å². The minimum atomic E-state index is -1.80. The average Bonchev–Trinajstić information content (AvgIpc) is 2.32. The van der Waals surface area contributed by atoms with Gasteiger partial charge in [0.05, 0.1) is 6.61 Å². The molecule has 1 fully saturated rings. The van der Waals surface area contributed by atoms with Gasteiger partial charge in [-0.05, 0) is 0 Å². The molecule has 2 N–H and O–H groups in total. The summed E-state index contributed by atoms with van der Waals surface area (Å²) in [4.78, 5) is 10.4. The van der Waals surface area contributed by atoms with E-state index in [0.717, 1.165) is 6.92 Å². The van der Waals surface area contributed by atoms with Crippen molar-refractivity contribution in [3.8, 4) is 0 Å². The highest BCUT2D eigenvalue weighted by atomic mass is 19.1. The summed E-state index contributed by atoms with van der Waals surface area (Å²) >= 11 is 0. The summed E-state index contributed by atoms with van der Waals surface area (Å²) in [6.07, 6.45) is -5.70. The van der Waals surface area contributed by atoms with Crippen LogP contribution in [0.15, 0.2) is 0 Å². The van der Waals surface area contributed by atoms with Gasteiger partial charge in [0.2, 0.25) is 6.29 Å². The van der Waals surface area contributed by atoms with Crippen LogP contribution in [0.1, 0.15) is 6.92 Å². The second-order valence-electron chi connectivity index (χ2n) is 2.77. The lowest BCUT2D eigenvalue weighted by Crippen LogP contribution is -2.31. The van der Waals surface area contributed by atoms with Gasteiger partial charge in [0, 0.05) is 6.92 Å². The standard InChI is InChI=1S/C7H11FO5/c1-3(10)12-7-5(8)6(11)4(2-9)13-7/h4-7,9,11H,2H2,1H3/t4-,5+,6?,7?/m1/s1. The quantitative estimate of drug-likeness (QED) is 0.549. The molecule has 0 aliphatic carbocycles. The molecule has 6 heteroatoms. The molecular formula is C7H11FO5. The van der Waals surface area contributed by atoms with Crippen LogP contribution < -0.4 is 0 Å². The maximum absolute atomic E-state index is 13.0. The van der Waals surface area contributed by atoms with E-state index < -0.39 is 37.2 Å². The van der Waals surface area contributed by atoms with Crippen LogP contribution in [-0.2, 0) is 14.3 Å². The van der Waals surface area contributed by atoms with Crippen LogP contribution in [0.5, 0.6) is 0 Å². The Hall–Kier alpha value is -0.720. The van der Waals surface area contributed by atoms with E-state index in [1.165, 1.54) is 0 Å². The van der Waals surface area contributed by atoms with Crippen LogP contribution in [0.4, 0.5) is 4.39 Å². The minimum Gasteiger partial charge on any atom is -0.433 e. The molecule has 1 saturated heterocycles. The Bertz CT molecular complexity index is 197. The Morgan fingerprint density at radius 2 is 2.31 bits per heavy atom. The van der Waals surface area contributed by atoms with Crippen molar-refractivity contribution in [1.82, 2.24) is 0 Å². The van der Waals surface area contributed by atoms with Crippen LogP contribution in [0.3, 0.4) is 0 Å². The summed E-state index contributed by atoms with van der Waals surface area (Å²) in [6, 6.07) is 0. The van der Waals surface area contributed by atoms with Crippen molar-refractivity contribution >= 4 is 5.97 Å². The van der Waals surface area contributed by atoms with Gasteiger partial charge in [-0.3, -0.25) is 4.79 Å². The number of ether oxygens (including phenoxy) is 2. The van der Waals surface area contributed by atoms with Crippen LogP contribution in [-0.4, -0.2) is 47.5 Å². The lowest BCUT2D eigenvalue weighted by atomic mass is 10.2. The number of rotatable bonds is 2. The maximum Gasteiger partial charge on any atom is 0.305 e. The smallest absolute Gasteiger partial charge is 0.305 e. The van der Waals surface area contributed by atoms with Crippen molar-refractivity contribution in [2.75, 3.05) is 6.61 Å². The van der Waals surface area contributed by atoms with Crippen LogP contribution in [0, 0.1) is 0 Å². The van der Waals surface area contributed by atoms with Crippen LogP contribution >= 0.6 is 0 Å². The zero-order valence-corrected chi connectivity index (χ0v) is 7.01. The summed E-state index contributed by atoms with van der Waals surface area (Å²) in [5.41, 5.74) is 0. The molecule has 0 saturated carbocycles. The third-order valence-electron chi connectivity index (χ3n) is 1.74. The minimum absolute atomic E-state index is 0.515. The highest BCUT2D eigenvalue weighted by molar-refractivity contribution is 5.66. The molecule has 1 aliphatic rings. The number of hydrogen-bond donors (Lipinski definition) is 2. The fraction of sp³-hybridized carbons (Fsp3) is 0.857. The van der Waals surface area contributed by atoms with Crippen molar-refractivity contribution in [3.05, 3.63) is 0 Å². The molecule has 0 radical (unpaired) electrons. The molecule has 0 aromatic carbocycles. The Balaban J connectivity index is 2.55. The van der Waals surface area contributed by atoms with Gasteiger partial charge in [-0.15, -0.1) is 0 Å². The number of aliphatic hydroxyl groups excluding tert-OH is 2. The van der Waals surface area contributed by atoms with E-state index >= 15 is 0 Å². The Kier molecular flexibility index (Phi) is 3.18. The number of halogens is 1. The van der Waals surface area contributed by atoms with E-state index in [9.17, 15) is 9.18 Å². The first kappa shape index (κ1) is 10.4. The monoisotopic (exact) mass is 194 g/mol. The average molecular weight is 194 g/mol. The van der Waals surface area contributed by atoms with Gasteiger partial charge in [0.25, 0.3) is 0 Å². The third-order valence-corrected chi connectivity index (χ3v) is 1.74. The van der Waals surface area contributed by atoms with Gasteiger partial charge in [0.1, 0.15) is 12.2 Å². The van der Waals surface area contributed by atoms with Crippen molar-refractivity contribution in [2.24, 2.45) is 0 Å². The zero-order chi connectivity index (χ0) is 10.0. The lowest BCUT2D eigenvalue weighted by molar-refractivity contribution is -0.182. The molecule has 1 heterocycles. The van der Waals surface area contributed by atoms with Gasteiger partial charge in [0.15, 0.2) is 6.17 Å². The first-order valence-electron chi connectivity index (χ1n) is 3.82. The van der Waals surface area contributed by atoms with Gasteiger partial charge in [-0.2, -0.15) is 0 Å². The van der Waals surface area contributed by atoms with E-state index in [-0.39, 0.29) is 0 Å². The zero-order valence-electron chi connectivity index (χ0n) is 7.01. The molecule has 1 rings (SSSR count). The molecule has 0 aromatic heterocycles. The van der Waals surface area contributed by atoms with E-state index in [4.69, 9.17) is 14.9 Å². The fourth-order valence-corrected chi connectivity index (χ4v) is 1.10. The molecule has 5 nitrogen and oxygen atoms in total.